The Morgan fingerprint density at radius 1 is 1.27 bits per heavy atom. The van der Waals surface area contributed by atoms with Crippen LogP contribution in [0.2, 0.25) is 0 Å². The van der Waals surface area contributed by atoms with E-state index in [4.69, 9.17) is 11.5 Å². The van der Waals surface area contributed by atoms with Crippen LogP contribution >= 0.6 is 11.3 Å². The largest absolute Gasteiger partial charge is 0.370 e. The zero-order valence-electron chi connectivity index (χ0n) is 12.1. The molecule has 1 aromatic heterocycles. The van der Waals surface area contributed by atoms with Crippen molar-refractivity contribution < 1.29 is 0 Å². The van der Waals surface area contributed by atoms with Crippen LogP contribution in [0.3, 0.4) is 0 Å². The van der Waals surface area contributed by atoms with E-state index < -0.39 is 0 Å². The molecule has 1 fully saturated rings. The average molecular weight is 314 g/mol. The van der Waals surface area contributed by atoms with E-state index in [0.29, 0.717) is 5.13 Å². The number of hydrogen-bond donors (Lipinski definition) is 2. The minimum Gasteiger partial charge on any atom is -0.370 e. The van der Waals surface area contributed by atoms with E-state index in [1.165, 1.54) is 24.2 Å². The van der Waals surface area contributed by atoms with Crippen molar-refractivity contribution in [1.82, 2.24) is 9.88 Å². The van der Waals surface area contributed by atoms with Crippen LogP contribution in [0, 0.1) is 0 Å². The molecule has 1 saturated heterocycles. The minimum absolute atomic E-state index is 0.0184. The third kappa shape index (κ3) is 3.62. The van der Waals surface area contributed by atoms with Crippen LogP contribution in [0.5, 0.6) is 0 Å². The second kappa shape index (κ2) is 6.57. The van der Waals surface area contributed by atoms with Gasteiger partial charge in [0.15, 0.2) is 5.96 Å². The van der Waals surface area contributed by atoms with Crippen LogP contribution in [0.25, 0.3) is 11.3 Å². The van der Waals surface area contributed by atoms with Crippen LogP contribution < -0.4 is 11.5 Å². The monoisotopic (exact) mass is 314 g/mol. The molecule has 0 atom stereocenters. The molecule has 114 valence electrons. The summed E-state index contributed by atoms with van der Waals surface area (Å²) >= 11 is 1.41. The van der Waals surface area contributed by atoms with Crippen molar-refractivity contribution in [2.75, 3.05) is 13.1 Å². The van der Waals surface area contributed by atoms with Gasteiger partial charge in [0, 0.05) is 24.0 Å². The number of nitrogens with two attached hydrogens (primary N) is 2. The molecule has 2 aromatic rings. The van der Waals surface area contributed by atoms with Gasteiger partial charge in [0.05, 0.1) is 17.7 Å². The summed E-state index contributed by atoms with van der Waals surface area (Å²) < 4.78 is 0. The van der Waals surface area contributed by atoms with Crippen LogP contribution in [0.4, 0.5) is 10.8 Å². The summed E-state index contributed by atoms with van der Waals surface area (Å²) in [4.78, 5) is 15.1. The summed E-state index contributed by atoms with van der Waals surface area (Å²) in [5, 5.41) is 2.49. The van der Waals surface area contributed by atoms with Gasteiger partial charge < -0.3 is 16.4 Å². The summed E-state index contributed by atoms with van der Waals surface area (Å²) in [7, 11) is 0. The molecule has 7 heteroatoms. The van der Waals surface area contributed by atoms with Crippen LogP contribution in [0.15, 0.2) is 39.6 Å². The molecule has 2 heterocycles. The van der Waals surface area contributed by atoms with Crippen LogP contribution in [0.1, 0.15) is 12.8 Å². The highest BCUT2D eigenvalue weighted by molar-refractivity contribution is 7.13. The van der Waals surface area contributed by atoms with Gasteiger partial charge in [-0.1, -0.05) is 12.1 Å². The van der Waals surface area contributed by atoms with Crippen molar-refractivity contribution in [2.24, 2.45) is 21.5 Å². The van der Waals surface area contributed by atoms with Crippen molar-refractivity contribution >= 4 is 34.5 Å². The molecule has 0 unspecified atom stereocenters. The molecule has 1 aliphatic rings. The number of thiazole rings is 1. The van der Waals surface area contributed by atoms with Gasteiger partial charge in [-0.2, -0.15) is 4.99 Å². The molecule has 0 spiro atoms. The standard InChI is InChI=1S/C15H18N6S/c16-14(17)20-15-19-13(9-22-15)11-4-3-5-12(8-11)18-10-21-6-1-2-7-21/h3-5,8-10H,1-2,6-7H2,(H4,16,17,19,20). The Bertz CT molecular complexity index is 696. The maximum atomic E-state index is 5.37. The van der Waals surface area contributed by atoms with Gasteiger partial charge in [-0.3, -0.25) is 0 Å². The third-order valence-electron chi connectivity index (χ3n) is 3.37. The second-order valence-electron chi connectivity index (χ2n) is 5.09. The first-order valence-corrected chi connectivity index (χ1v) is 8.02. The number of hydrogen-bond acceptors (Lipinski definition) is 4. The lowest BCUT2D eigenvalue weighted by Gasteiger charge is -2.08. The van der Waals surface area contributed by atoms with Crippen molar-refractivity contribution in [2.45, 2.75) is 12.8 Å². The zero-order chi connectivity index (χ0) is 15.4. The third-order valence-corrected chi connectivity index (χ3v) is 4.10. The quantitative estimate of drug-likeness (QED) is 0.669. The summed E-state index contributed by atoms with van der Waals surface area (Å²) in [6, 6.07) is 7.98. The molecular formula is C15H18N6S. The number of nitrogens with zero attached hydrogens (tertiary/aromatic N) is 4. The highest BCUT2D eigenvalue weighted by atomic mass is 32.1. The molecule has 1 aromatic carbocycles. The summed E-state index contributed by atoms with van der Waals surface area (Å²) in [5.41, 5.74) is 13.5. The topological polar surface area (TPSA) is 92.9 Å². The zero-order valence-corrected chi connectivity index (χ0v) is 13.0. The number of rotatable bonds is 4. The predicted molar refractivity (Wildman–Crippen MR) is 92.0 cm³/mol. The smallest absolute Gasteiger partial charge is 0.212 e. The van der Waals surface area contributed by atoms with Crippen molar-refractivity contribution in [3.8, 4) is 11.3 Å². The molecule has 0 bridgehead atoms. The maximum Gasteiger partial charge on any atom is 0.212 e. The van der Waals surface area contributed by atoms with E-state index in [-0.39, 0.29) is 5.96 Å². The Labute approximate surface area is 133 Å². The lowest BCUT2D eigenvalue weighted by Crippen LogP contribution is -2.21. The fourth-order valence-electron chi connectivity index (χ4n) is 2.31. The van der Waals surface area contributed by atoms with Gasteiger partial charge in [-0.15, -0.1) is 11.3 Å². The Morgan fingerprint density at radius 2 is 2.09 bits per heavy atom. The Hall–Kier alpha value is -2.41. The van der Waals surface area contributed by atoms with E-state index in [1.54, 1.807) is 0 Å². The lowest BCUT2D eigenvalue weighted by molar-refractivity contribution is 0.536. The van der Waals surface area contributed by atoms with Gasteiger partial charge in [-0.25, -0.2) is 9.98 Å². The van der Waals surface area contributed by atoms with E-state index in [0.717, 1.165) is 30.0 Å². The predicted octanol–water partition coefficient (Wildman–Crippen LogP) is 2.47. The molecule has 0 aliphatic carbocycles. The fraction of sp³-hybridized carbons (Fsp3) is 0.267. The number of aromatic nitrogens is 1. The average Bonchev–Trinajstić information content (AvgIpc) is 3.16. The van der Waals surface area contributed by atoms with Gasteiger partial charge in [0.2, 0.25) is 5.13 Å². The molecule has 0 amide bonds. The van der Waals surface area contributed by atoms with Crippen LogP contribution in [-0.4, -0.2) is 35.3 Å². The molecule has 0 radical (unpaired) electrons. The van der Waals surface area contributed by atoms with Crippen molar-refractivity contribution in [3.63, 3.8) is 0 Å². The van der Waals surface area contributed by atoms with Gasteiger partial charge in [0.25, 0.3) is 0 Å². The van der Waals surface area contributed by atoms with E-state index >= 15 is 0 Å². The number of aliphatic imine (C=N–C) groups is 2. The fourth-order valence-corrected chi connectivity index (χ4v) is 3.02. The van der Waals surface area contributed by atoms with E-state index in [2.05, 4.69) is 19.9 Å². The Balaban J connectivity index is 1.78. The molecule has 1 aliphatic heterocycles. The SMILES string of the molecule is NC(N)=Nc1nc(-c2cccc(N=CN3CCCC3)c2)cs1. The van der Waals surface area contributed by atoms with Gasteiger partial charge in [-0.05, 0) is 25.0 Å². The first kappa shape index (κ1) is 14.5. The summed E-state index contributed by atoms with van der Waals surface area (Å²) in [5.74, 6) is 0.0184. The summed E-state index contributed by atoms with van der Waals surface area (Å²) in [6.07, 6.45) is 4.43. The Kier molecular flexibility index (Phi) is 4.34. The minimum atomic E-state index is 0.0184. The molecule has 3 rings (SSSR count). The highest BCUT2D eigenvalue weighted by Crippen LogP contribution is 2.28. The highest BCUT2D eigenvalue weighted by Gasteiger charge is 2.07. The lowest BCUT2D eigenvalue weighted by atomic mass is 10.1. The number of benzene rings is 1. The molecule has 4 N–H and O–H groups in total. The number of guanidine groups is 1. The van der Waals surface area contributed by atoms with Crippen molar-refractivity contribution in [3.05, 3.63) is 29.6 Å². The maximum absolute atomic E-state index is 5.37. The summed E-state index contributed by atoms with van der Waals surface area (Å²) in [6.45, 7) is 2.19. The van der Waals surface area contributed by atoms with Gasteiger partial charge in [0.1, 0.15) is 0 Å². The van der Waals surface area contributed by atoms with E-state index in [9.17, 15) is 0 Å². The molecule has 0 saturated carbocycles. The van der Waals surface area contributed by atoms with Gasteiger partial charge >= 0.3 is 0 Å². The van der Waals surface area contributed by atoms with Crippen molar-refractivity contribution in [1.29, 1.82) is 0 Å². The van der Waals surface area contributed by atoms with Crippen LogP contribution in [-0.2, 0) is 0 Å². The Morgan fingerprint density at radius 3 is 2.86 bits per heavy atom. The normalized spacial score (nSPS) is 14.6. The molecular weight excluding hydrogens is 296 g/mol. The van der Waals surface area contributed by atoms with E-state index in [1.807, 2.05) is 36.0 Å². The molecule has 6 nitrogen and oxygen atoms in total. The second-order valence-corrected chi connectivity index (χ2v) is 5.93. The number of likely N-dealkylation sites (tertiary alicyclic amines) is 1. The molecule has 22 heavy (non-hydrogen) atoms. The first-order chi connectivity index (χ1) is 10.7. The first-order valence-electron chi connectivity index (χ1n) is 7.14.